The Morgan fingerprint density at radius 2 is 1.73 bits per heavy atom. The van der Waals surface area contributed by atoms with Crippen molar-refractivity contribution in [3.8, 4) is 5.75 Å². The number of carbonyl (C=O) groups is 2. The first-order valence-corrected chi connectivity index (χ1v) is 10.8. The van der Waals surface area contributed by atoms with Crippen LogP contribution in [0.3, 0.4) is 0 Å². The van der Waals surface area contributed by atoms with Gasteiger partial charge in [-0.15, -0.1) is 0 Å². The summed E-state index contributed by atoms with van der Waals surface area (Å²) in [6, 6.07) is 12.6. The fraction of sp³-hybridized carbons (Fsp3) is 0.292. The van der Waals surface area contributed by atoms with Crippen LogP contribution in [0, 0.1) is 0 Å². The number of ether oxygens (including phenoxy) is 1. The maximum Gasteiger partial charge on any atom is 0.273 e. The van der Waals surface area contributed by atoms with Gasteiger partial charge in [0.15, 0.2) is 11.5 Å². The molecule has 9 heteroatoms. The number of anilines is 1. The summed E-state index contributed by atoms with van der Waals surface area (Å²) in [7, 11) is 1.56. The fourth-order valence-corrected chi connectivity index (χ4v) is 3.73. The van der Waals surface area contributed by atoms with Crippen molar-refractivity contribution in [2.24, 2.45) is 0 Å². The van der Waals surface area contributed by atoms with E-state index in [1.54, 1.807) is 37.6 Å². The first kappa shape index (κ1) is 22.3. The number of hydrogen-bond acceptors (Lipinski definition) is 7. The smallest absolute Gasteiger partial charge is 0.273 e. The molecule has 2 aromatic heterocycles. The zero-order valence-electron chi connectivity index (χ0n) is 18.4. The lowest BCUT2D eigenvalue weighted by molar-refractivity contribution is 0.0904. The maximum atomic E-state index is 12.9. The van der Waals surface area contributed by atoms with E-state index in [0.29, 0.717) is 11.3 Å². The van der Waals surface area contributed by atoms with Gasteiger partial charge in [0.25, 0.3) is 11.8 Å². The molecule has 3 aromatic rings. The van der Waals surface area contributed by atoms with Gasteiger partial charge in [0, 0.05) is 49.8 Å². The summed E-state index contributed by atoms with van der Waals surface area (Å²) in [5.74, 6) is 0.0481. The minimum Gasteiger partial charge on any atom is -0.497 e. The second kappa shape index (κ2) is 10.6. The molecule has 0 atom stereocenters. The topological polar surface area (TPSA) is 109 Å². The lowest BCUT2D eigenvalue weighted by atomic mass is 10.0. The molecule has 33 heavy (non-hydrogen) atoms. The van der Waals surface area contributed by atoms with E-state index in [9.17, 15) is 9.59 Å². The van der Waals surface area contributed by atoms with Gasteiger partial charge in [0.05, 0.1) is 12.8 Å². The quantitative estimate of drug-likeness (QED) is 0.574. The van der Waals surface area contributed by atoms with Crippen molar-refractivity contribution < 1.29 is 14.3 Å². The highest BCUT2D eigenvalue weighted by molar-refractivity contribution is 6.07. The number of likely N-dealkylation sites (tertiary alicyclic amines) is 1. The molecule has 0 aliphatic carbocycles. The van der Waals surface area contributed by atoms with Crippen molar-refractivity contribution >= 4 is 17.6 Å². The molecule has 2 N–H and O–H groups in total. The molecule has 1 aliphatic rings. The van der Waals surface area contributed by atoms with Gasteiger partial charge in [-0.3, -0.25) is 19.5 Å². The summed E-state index contributed by atoms with van der Waals surface area (Å²) in [6.07, 6.45) is 6.33. The second-order valence-corrected chi connectivity index (χ2v) is 7.78. The maximum absolute atomic E-state index is 12.9. The van der Waals surface area contributed by atoms with E-state index in [1.165, 1.54) is 12.4 Å². The van der Waals surface area contributed by atoms with Crippen molar-refractivity contribution in [2.75, 3.05) is 25.5 Å². The Balaban J connectivity index is 1.34. The van der Waals surface area contributed by atoms with Crippen molar-refractivity contribution in [1.29, 1.82) is 0 Å². The molecule has 0 saturated carbocycles. The number of rotatable bonds is 7. The average Bonchev–Trinajstić information content (AvgIpc) is 2.86. The van der Waals surface area contributed by atoms with Gasteiger partial charge in [-0.2, -0.15) is 0 Å². The van der Waals surface area contributed by atoms with Gasteiger partial charge in [-0.25, -0.2) is 9.97 Å². The number of nitrogens with zero attached hydrogens (tertiary/aromatic N) is 4. The van der Waals surface area contributed by atoms with Crippen LogP contribution in [0.5, 0.6) is 5.75 Å². The molecule has 3 heterocycles. The van der Waals surface area contributed by atoms with Crippen LogP contribution in [-0.4, -0.2) is 57.9 Å². The Morgan fingerprint density at radius 3 is 2.42 bits per heavy atom. The van der Waals surface area contributed by atoms with E-state index in [4.69, 9.17) is 4.74 Å². The van der Waals surface area contributed by atoms with Crippen molar-refractivity contribution in [2.45, 2.75) is 25.4 Å². The van der Waals surface area contributed by atoms with Crippen LogP contribution in [0.4, 0.5) is 5.82 Å². The normalized spacial score (nSPS) is 14.5. The lowest BCUT2D eigenvalue weighted by Crippen LogP contribution is -2.44. The molecule has 0 unspecified atom stereocenters. The molecule has 0 radical (unpaired) electrons. The average molecular weight is 447 g/mol. The van der Waals surface area contributed by atoms with Crippen LogP contribution >= 0.6 is 0 Å². The third-order valence-corrected chi connectivity index (χ3v) is 5.53. The largest absolute Gasteiger partial charge is 0.497 e. The van der Waals surface area contributed by atoms with Gasteiger partial charge in [-0.05, 0) is 49.2 Å². The Labute approximate surface area is 192 Å². The third kappa shape index (κ3) is 5.89. The van der Waals surface area contributed by atoms with Crippen LogP contribution in [0.25, 0.3) is 0 Å². The Morgan fingerprint density at radius 1 is 0.970 bits per heavy atom. The van der Waals surface area contributed by atoms with E-state index in [-0.39, 0.29) is 29.4 Å². The van der Waals surface area contributed by atoms with Gasteiger partial charge in [0.2, 0.25) is 0 Å². The standard InChI is InChI=1S/C24H26N6O3/c1-33-20-7-5-17(6-8-20)23(31)29-22-21(26-12-13-27-22)24(32)28-18-9-14-30(15-10-18)16-19-4-2-3-11-25-19/h2-8,11-13,18H,9-10,14-16H2,1H3,(H,28,32)(H,27,29,31). The molecule has 0 bridgehead atoms. The minimum absolute atomic E-state index is 0.0321. The number of piperidine rings is 1. The Hall–Kier alpha value is -3.85. The predicted molar refractivity (Wildman–Crippen MR) is 123 cm³/mol. The first-order chi connectivity index (χ1) is 16.1. The van der Waals surface area contributed by atoms with Gasteiger partial charge in [0.1, 0.15) is 5.75 Å². The molecular formula is C24H26N6O3. The third-order valence-electron chi connectivity index (χ3n) is 5.53. The molecule has 9 nitrogen and oxygen atoms in total. The monoisotopic (exact) mass is 446 g/mol. The molecule has 1 fully saturated rings. The number of carbonyl (C=O) groups excluding carboxylic acids is 2. The summed E-state index contributed by atoms with van der Waals surface area (Å²) >= 11 is 0. The number of pyridine rings is 1. The molecule has 0 spiro atoms. The highest BCUT2D eigenvalue weighted by Gasteiger charge is 2.24. The number of benzene rings is 1. The molecule has 1 aromatic carbocycles. The fourth-order valence-electron chi connectivity index (χ4n) is 3.73. The van der Waals surface area contributed by atoms with Gasteiger partial charge in [-0.1, -0.05) is 6.07 Å². The van der Waals surface area contributed by atoms with Gasteiger partial charge < -0.3 is 15.4 Å². The number of nitrogens with one attached hydrogen (secondary N) is 2. The van der Waals surface area contributed by atoms with Crippen LogP contribution in [0.1, 0.15) is 39.4 Å². The van der Waals surface area contributed by atoms with Crippen molar-refractivity contribution in [3.63, 3.8) is 0 Å². The van der Waals surface area contributed by atoms with E-state index >= 15 is 0 Å². The second-order valence-electron chi connectivity index (χ2n) is 7.78. The highest BCUT2D eigenvalue weighted by atomic mass is 16.5. The number of aromatic nitrogens is 3. The summed E-state index contributed by atoms with van der Waals surface area (Å²) in [5, 5.41) is 5.72. The minimum atomic E-state index is -0.380. The SMILES string of the molecule is COc1ccc(C(=O)Nc2nccnc2C(=O)NC2CCN(Cc3ccccn3)CC2)cc1. The number of hydrogen-bond donors (Lipinski definition) is 2. The van der Waals surface area contributed by atoms with Crippen LogP contribution < -0.4 is 15.4 Å². The molecule has 1 aliphatic heterocycles. The van der Waals surface area contributed by atoms with E-state index < -0.39 is 0 Å². The Kier molecular flexibility index (Phi) is 7.21. The van der Waals surface area contributed by atoms with E-state index in [1.807, 2.05) is 18.2 Å². The zero-order chi connectivity index (χ0) is 23.0. The molecule has 2 amide bonds. The lowest BCUT2D eigenvalue weighted by Gasteiger charge is -2.32. The molecule has 1 saturated heterocycles. The zero-order valence-corrected chi connectivity index (χ0v) is 18.4. The molecule has 4 rings (SSSR count). The van der Waals surface area contributed by atoms with Crippen LogP contribution in [0.15, 0.2) is 61.1 Å². The summed E-state index contributed by atoms with van der Waals surface area (Å²) in [5.41, 5.74) is 1.56. The van der Waals surface area contributed by atoms with Crippen LogP contribution in [-0.2, 0) is 6.54 Å². The van der Waals surface area contributed by atoms with Crippen LogP contribution in [0.2, 0.25) is 0 Å². The highest BCUT2D eigenvalue weighted by Crippen LogP contribution is 2.17. The van der Waals surface area contributed by atoms with Crippen molar-refractivity contribution in [1.82, 2.24) is 25.2 Å². The summed E-state index contributed by atoms with van der Waals surface area (Å²) < 4.78 is 5.11. The van der Waals surface area contributed by atoms with E-state index in [2.05, 4.69) is 30.5 Å². The van der Waals surface area contributed by atoms with Crippen molar-refractivity contribution in [3.05, 3.63) is 78.0 Å². The number of methoxy groups -OCH3 is 1. The molecular weight excluding hydrogens is 420 g/mol. The number of amides is 2. The van der Waals surface area contributed by atoms with Gasteiger partial charge >= 0.3 is 0 Å². The summed E-state index contributed by atoms with van der Waals surface area (Å²) in [6.45, 7) is 2.53. The summed E-state index contributed by atoms with van der Waals surface area (Å²) in [4.78, 5) is 40.5. The molecule has 170 valence electrons. The Bertz CT molecular complexity index is 1080. The van der Waals surface area contributed by atoms with E-state index in [0.717, 1.165) is 38.2 Å². The predicted octanol–water partition coefficient (Wildman–Crippen LogP) is 2.53. The first-order valence-electron chi connectivity index (χ1n) is 10.8.